The van der Waals surface area contributed by atoms with Gasteiger partial charge in [0.1, 0.15) is 0 Å². The minimum Gasteiger partial charge on any atom is -0.394 e. The first-order valence-electron chi connectivity index (χ1n) is 5.57. The molecule has 1 aromatic carbocycles. The molecule has 17 heavy (non-hydrogen) atoms. The van der Waals surface area contributed by atoms with Crippen LogP contribution in [0.1, 0.15) is 12.8 Å². The summed E-state index contributed by atoms with van der Waals surface area (Å²) in [5.41, 5.74) is 0.834. The molecule has 5 heteroatoms. The van der Waals surface area contributed by atoms with E-state index in [2.05, 4.69) is 21.2 Å². The summed E-state index contributed by atoms with van der Waals surface area (Å²) >= 11 is 11.3. The number of anilines is 1. The molecule has 2 rings (SSSR count). The Morgan fingerprint density at radius 1 is 1.41 bits per heavy atom. The Labute approximate surface area is 119 Å². The van der Waals surface area contributed by atoms with Gasteiger partial charge < -0.3 is 10.4 Å². The molecule has 94 valence electrons. The maximum Gasteiger partial charge on any atom is 0.0662 e. The van der Waals surface area contributed by atoms with Crippen LogP contribution in [0.15, 0.2) is 22.7 Å². The second kappa shape index (κ2) is 5.83. The summed E-state index contributed by atoms with van der Waals surface area (Å²) in [4.78, 5) is 0. The van der Waals surface area contributed by atoms with Crippen LogP contribution < -0.4 is 5.32 Å². The molecule has 1 heterocycles. The van der Waals surface area contributed by atoms with Gasteiger partial charge in [-0.3, -0.25) is 0 Å². The van der Waals surface area contributed by atoms with Gasteiger partial charge >= 0.3 is 0 Å². The average molecular weight is 337 g/mol. The van der Waals surface area contributed by atoms with E-state index in [-0.39, 0.29) is 12.1 Å². The molecule has 2 nitrogen and oxygen atoms in total. The van der Waals surface area contributed by atoms with Gasteiger partial charge in [-0.2, -0.15) is 11.8 Å². The van der Waals surface area contributed by atoms with Gasteiger partial charge in [-0.25, -0.2) is 0 Å². The zero-order valence-electron chi connectivity index (χ0n) is 9.38. The number of hydrogen-bond donors (Lipinski definition) is 2. The van der Waals surface area contributed by atoms with Crippen molar-refractivity contribution in [3.8, 4) is 0 Å². The number of aliphatic hydroxyl groups is 1. The molecule has 0 saturated carbocycles. The van der Waals surface area contributed by atoms with Crippen LogP contribution >= 0.6 is 39.3 Å². The number of benzene rings is 1. The van der Waals surface area contributed by atoms with Crippen LogP contribution in [0.3, 0.4) is 0 Å². The fourth-order valence-corrected chi connectivity index (χ4v) is 3.74. The zero-order valence-corrected chi connectivity index (χ0v) is 12.5. The van der Waals surface area contributed by atoms with Gasteiger partial charge in [0.2, 0.25) is 0 Å². The van der Waals surface area contributed by atoms with E-state index >= 15 is 0 Å². The van der Waals surface area contributed by atoms with Gasteiger partial charge in [0.15, 0.2) is 0 Å². The van der Waals surface area contributed by atoms with Crippen molar-refractivity contribution in [2.45, 2.75) is 18.4 Å². The largest absolute Gasteiger partial charge is 0.394 e. The summed E-state index contributed by atoms with van der Waals surface area (Å²) in [5.74, 6) is 2.20. The van der Waals surface area contributed by atoms with Crippen LogP contribution in [-0.4, -0.2) is 28.8 Å². The van der Waals surface area contributed by atoms with Crippen molar-refractivity contribution >= 4 is 45.0 Å². The highest BCUT2D eigenvalue weighted by Gasteiger charge is 2.31. The van der Waals surface area contributed by atoms with Crippen LogP contribution in [0.2, 0.25) is 5.02 Å². The van der Waals surface area contributed by atoms with Crippen molar-refractivity contribution in [3.05, 3.63) is 27.7 Å². The predicted octanol–water partition coefficient (Wildman–Crippen LogP) is 3.77. The fraction of sp³-hybridized carbons (Fsp3) is 0.500. The fourth-order valence-electron chi connectivity index (χ4n) is 1.96. The molecule has 0 amide bonds. The highest BCUT2D eigenvalue weighted by molar-refractivity contribution is 9.10. The Bertz CT molecular complexity index is 396. The lowest BCUT2D eigenvalue weighted by atomic mass is 9.93. The van der Waals surface area contributed by atoms with E-state index < -0.39 is 0 Å². The van der Waals surface area contributed by atoms with Gasteiger partial charge in [0.25, 0.3) is 0 Å². The molecule has 1 saturated heterocycles. The van der Waals surface area contributed by atoms with Crippen molar-refractivity contribution in [2.75, 3.05) is 23.4 Å². The van der Waals surface area contributed by atoms with E-state index in [0.717, 1.165) is 34.5 Å². The molecule has 2 N–H and O–H groups in total. The van der Waals surface area contributed by atoms with Crippen molar-refractivity contribution in [1.82, 2.24) is 0 Å². The van der Waals surface area contributed by atoms with E-state index in [1.54, 1.807) is 0 Å². The molecular weight excluding hydrogens is 322 g/mol. The van der Waals surface area contributed by atoms with Gasteiger partial charge in [-0.05, 0) is 58.5 Å². The van der Waals surface area contributed by atoms with Gasteiger partial charge in [0, 0.05) is 10.2 Å². The molecule has 0 radical (unpaired) electrons. The first-order valence-corrected chi connectivity index (χ1v) is 7.90. The zero-order chi connectivity index (χ0) is 12.3. The normalized spacial score (nSPS) is 19.0. The number of nitrogens with one attached hydrogen (secondary N) is 1. The maximum absolute atomic E-state index is 9.62. The van der Waals surface area contributed by atoms with Crippen molar-refractivity contribution in [3.63, 3.8) is 0 Å². The topological polar surface area (TPSA) is 32.3 Å². The van der Waals surface area contributed by atoms with Crippen molar-refractivity contribution < 1.29 is 5.11 Å². The molecule has 0 unspecified atom stereocenters. The maximum atomic E-state index is 9.62. The first kappa shape index (κ1) is 13.5. The number of hydrogen-bond acceptors (Lipinski definition) is 3. The predicted molar refractivity (Wildman–Crippen MR) is 79.2 cm³/mol. The van der Waals surface area contributed by atoms with E-state index in [4.69, 9.17) is 11.6 Å². The lowest BCUT2D eigenvalue weighted by Crippen LogP contribution is -2.45. The second-order valence-electron chi connectivity index (χ2n) is 4.30. The molecular formula is C12H15BrClNOS. The Hall–Kier alpha value is 0.1000. The first-order chi connectivity index (χ1) is 8.15. The minimum atomic E-state index is -0.168. The van der Waals surface area contributed by atoms with Gasteiger partial charge in [-0.15, -0.1) is 0 Å². The SMILES string of the molecule is OCC1(Nc2ccc(Cl)c(Br)c2)CCSCC1. The third-order valence-corrected chi connectivity index (χ3v) is 5.28. The molecule has 0 aromatic heterocycles. The van der Waals surface area contributed by atoms with E-state index in [9.17, 15) is 5.11 Å². The van der Waals surface area contributed by atoms with Crippen LogP contribution in [-0.2, 0) is 0 Å². The third kappa shape index (κ3) is 3.31. The van der Waals surface area contributed by atoms with Crippen molar-refractivity contribution in [2.24, 2.45) is 0 Å². The number of rotatable bonds is 3. The third-order valence-electron chi connectivity index (χ3n) is 3.08. The minimum absolute atomic E-state index is 0.168. The summed E-state index contributed by atoms with van der Waals surface area (Å²) < 4.78 is 0.877. The quantitative estimate of drug-likeness (QED) is 0.881. The lowest BCUT2D eigenvalue weighted by Gasteiger charge is -2.37. The van der Waals surface area contributed by atoms with Crippen LogP contribution in [0, 0.1) is 0 Å². The summed E-state index contributed by atoms with van der Waals surface area (Å²) in [6.45, 7) is 0.174. The van der Waals surface area contributed by atoms with E-state index in [1.165, 1.54) is 0 Å². The smallest absolute Gasteiger partial charge is 0.0662 e. The van der Waals surface area contributed by atoms with Crippen molar-refractivity contribution in [1.29, 1.82) is 0 Å². The van der Waals surface area contributed by atoms with Gasteiger partial charge in [-0.1, -0.05) is 11.6 Å². The monoisotopic (exact) mass is 335 g/mol. The summed E-state index contributed by atoms with van der Waals surface area (Å²) in [6.07, 6.45) is 1.99. The standard InChI is InChI=1S/C12H15BrClNOS/c13-10-7-9(1-2-11(10)14)15-12(8-16)3-5-17-6-4-12/h1-2,7,15-16H,3-6,8H2. The molecule has 1 aliphatic rings. The Morgan fingerprint density at radius 2 is 2.12 bits per heavy atom. The molecule has 0 spiro atoms. The molecule has 0 aliphatic carbocycles. The lowest BCUT2D eigenvalue weighted by molar-refractivity contribution is 0.202. The molecule has 1 aliphatic heterocycles. The van der Waals surface area contributed by atoms with Gasteiger partial charge in [0.05, 0.1) is 17.2 Å². The summed E-state index contributed by atoms with van der Waals surface area (Å²) in [6, 6.07) is 5.77. The Morgan fingerprint density at radius 3 is 2.71 bits per heavy atom. The number of aliphatic hydroxyl groups excluding tert-OH is 1. The molecule has 0 atom stereocenters. The molecule has 1 fully saturated rings. The van der Waals surface area contributed by atoms with E-state index in [1.807, 2.05) is 30.0 Å². The Balaban J connectivity index is 2.14. The molecule has 1 aromatic rings. The Kier molecular flexibility index (Phi) is 4.64. The highest BCUT2D eigenvalue weighted by atomic mass is 79.9. The van der Waals surface area contributed by atoms with Crippen LogP contribution in [0.5, 0.6) is 0 Å². The summed E-state index contributed by atoms with van der Waals surface area (Å²) in [7, 11) is 0. The number of halogens is 2. The number of thioether (sulfide) groups is 1. The highest BCUT2D eigenvalue weighted by Crippen LogP contribution is 2.32. The molecule has 0 bridgehead atoms. The van der Waals surface area contributed by atoms with Crippen LogP contribution in [0.4, 0.5) is 5.69 Å². The second-order valence-corrected chi connectivity index (χ2v) is 6.79. The summed E-state index contributed by atoms with van der Waals surface area (Å²) in [5, 5.41) is 13.8. The van der Waals surface area contributed by atoms with Crippen LogP contribution in [0.25, 0.3) is 0 Å². The average Bonchev–Trinajstić information content (AvgIpc) is 2.35. The van der Waals surface area contributed by atoms with E-state index in [0.29, 0.717) is 5.02 Å².